The molecule has 3 atom stereocenters. The number of ether oxygens (including phenoxy) is 1. The summed E-state index contributed by atoms with van der Waals surface area (Å²) in [4.78, 5) is 10.4. The molecule has 0 aliphatic carbocycles. The summed E-state index contributed by atoms with van der Waals surface area (Å²) in [6, 6.07) is 5.52. The van der Waals surface area contributed by atoms with Gasteiger partial charge in [-0.15, -0.1) is 11.8 Å². The van der Waals surface area contributed by atoms with Crippen molar-refractivity contribution >= 4 is 17.7 Å². The minimum atomic E-state index is -1.08. The zero-order chi connectivity index (χ0) is 21.5. The number of hydrogen-bond donors (Lipinski definition) is 4. The summed E-state index contributed by atoms with van der Waals surface area (Å²) in [7, 11) is 0. The van der Waals surface area contributed by atoms with E-state index in [-0.39, 0.29) is 23.9 Å². The minimum Gasteiger partial charge on any atom is -0.491 e. The summed E-state index contributed by atoms with van der Waals surface area (Å²) in [6.45, 7) is 0.0412. The number of carbonyl (C=O) groups is 1. The molecule has 8 heteroatoms. The van der Waals surface area contributed by atoms with Gasteiger partial charge in [-0.2, -0.15) is 0 Å². The van der Waals surface area contributed by atoms with Crippen molar-refractivity contribution < 1.29 is 34.3 Å². The van der Waals surface area contributed by atoms with Crippen molar-refractivity contribution in [2.45, 2.75) is 18.3 Å². The van der Waals surface area contributed by atoms with Crippen LogP contribution >= 0.6 is 11.8 Å². The first-order valence-electron chi connectivity index (χ1n) is 8.79. The highest BCUT2D eigenvalue weighted by molar-refractivity contribution is 7.99. The third-order valence-electron chi connectivity index (χ3n) is 3.34. The van der Waals surface area contributed by atoms with Gasteiger partial charge in [0.1, 0.15) is 24.3 Å². The highest BCUT2D eigenvalue weighted by atomic mass is 32.2. The van der Waals surface area contributed by atoms with Gasteiger partial charge in [0.2, 0.25) is 0 Å². The van der Waals surface area contributed by atoms with Crippen molar-refractivity contribution in [2.75, 3.05) is 18.1 Å². The molecule has 1 aromatic carbocycles. The van der Waals surface area contributed by atoms with E-state index >= 15 is 0 Å². The molecule has 0 saturated carbocycles. The summed E-state index contributed by atoms with van der Waals surface area (Å²) in [5.41, 5.74) is 0. The number of allylic oxidation sites excluding steroid dienone is 6. The maximum Gasteiger partial charge on any atom is 0.313 e. The number of carboxylic acids is 1. The average Bonchev–Trinajstić information content (AvgIpc) is 2.69. The molecule has 0 aromatic heterocycles. The highest BCUT2D eigenvalue weighted by Crippen LogP contribution is 2.11. The zero-order valence-electron chi connectivity index (χ0n) is 15.7. The lowest BCUT2D eigenvalue weighted by atomic mass is 10.2. The van der Waals surface area contributed by atoms with Gasteiger partial charge in [0.15, 0.2) is 0 Å². The van der Waals surface area contributed by atoms with Crippen LogP contribution in [0.15, 0.2) is 72.9 Å². The Morgan fingerprint density at radius 1 is 1.00 bits per heavy atom. The SMILES string of the molecule is O=C(O)CSC[C@@H](O)[C@H](O)C=CC=CC=CC=C[C@H](O)COc1ccc(F)cc1. The van der Waals surface area contributed by atoms with Crippen molar-refractivity contribution in [3.8, 4) is 5.75 Å². The quantitative estimate of drug-likeness (QED) is 0.360. The largest absolute Gasteiger partial charge is 0.491 e. The van der Waals surface area contributed by atoms with Crippen molar-refractivity contribution in [1.82, 2.24) is 0 Å². The number of aliphatic carboxylic acids is 1. The fourth-order valence-corrected chi connectivity index (χ4v) is 2.62. The van der Waals surface area contributed by atoms with Crippen LogP contribution in [0.5, 0.6) is 5.75 Å². The molecular weight excluding hydrogens is 399 g/mol. The third kappa shape index (κ3) is 12.6. The van der Waals surface area contributed by atoms with E-state index in [9.17, 15) is 24.5 Å². The number of halogens is 1. The molecule has 0 unspecified atom stereocenters. The van der Waals surface area contributed by atoms with E-state index in [2.05, 4.69) is 0 Å². The van der Waals surface area contributed by atoms with Crippen LogP contribution in [0.25, 0.3) is 0 Å². The first-order valence-corrected chi connectivity index (χ1v) is 9.94. The van der Waals surface area contributed by atoms with Crippen LogP contribution in [0.1, 0.15) is 0 Å². The predicted molar refractivity (Wildman–Crippen MR) is 111 cm³/mol. The van der Waals surface area contributed by atoms with Gasteiger partial charge in [0, 0.05) is 5.75 Å². The minimum absolute atomic E-state index is 0.0412. The second-order valence-corrected chi connectivity index (χ2v) is 6.87. The van der Waals surface area contributed by atoms with E-state index in [0.717, 1.165) is 11.8 Å². The summed E-state index contributed by atoms with van der Waals surface area (Å²) >= 11 is 1.03. The van der Waals surface area contributed by atoms with Gasteiger partial charge in [-0.1, -0.05) is 48.6 Å². The van der Waals surface area contributed by atoms with Crippen molar-refractivity contribution in [3.63, 3.8) is 0 Å². The molecule has 0 amide bonds. The van der Waals surface area contributed by atoms with Gasteiger partial charge in [0.05, 0.1) is 18.0 Å². The second-order valence-electron chi connectivity index (χ2n) is 5.84. The number of carboxylic acid groups (broad SMARTS) is 1. The molecule has 0 saturated heterocycles. The molecule has 1 aromatic rings. The van der Waals surface area contributed by atoms with Crippen LogP contribution < -0.4 is 4.74 Å². The number of hydrogen-bond acceptors (Lipinski definition) is 6. The Bertz CT molecular complexity index is 714. The standard InChI is InChI=1S/C21H25FO6S/c22-16-9-11-18(12-10-16)28-13-17(23)7-5-3-1-2-4-6-8-19(24)20(25)14-29-15-21(26)27/h1-12,17,19-20,23-25H,13-15H2,(H,26,27)/t17-,19+,20+/m0/s1. The van der Waals surface area contributed by atoms with Crippen LogP contribution in [0.4, 0.5) is 4.39 Å². The van der Waals surface area contributed by atoms with Crippen LogP contribution in [0, 0.1) is 5.82 Å². The van der Waals surface area contributed by atoms with Gasteiger partial charge < -0.3 is 25.2 Å². The van der Waals surface area contributed by atoms with E-state index in [1.54, 1.807) is 42.5 Å². The number of aliphatic hydroxyl groups is 3. The third-order valence-corrected chi connectivity index (χ3v) is 4.37. The fraction of sp³-hybridized carbons (Fsp3) is 0.286. The van der Waals surface area contributed by atoms with Crippen LogP contribution in [0.3, 0.4) is 0 Å². The molecule has 0 fully saturated rings. The molecule has 0 spiro atoms. The highest BCUT2D eigenvalue weighted by Gasteiger charge is 2.13. The molecule has 0 bridgehead atoms. The number of rotatable bonds is 13. The Labute approximate surface area is 173 Å². The zero-order valence-corrected chi connectivity index (χ0v) is 16.5. The van der Waals surface area contributed by atoms with Crippen molar-refractivity contribution in [3.05, 3.63) is 78.7 Å². The van der Waals surface area contributed by atoms with Crippen LogP contribution in [-0.2, 0) is 4.79 Å². The van der Waals surface area contributed by atoms with Gasteiger partial charge in [-0.25, -0.2) is 4.39 Å². The average molecular weight is 424 g/mol. The Morgan fingerprint density at radius 3 is 2.21 bits per heavy atom. The summed E-state index contributed by atoms with van der Waals surface area (Å²) in [5.74, 6) is -0.856. The van der Waals surface area contributed by atoms with E-state index in [4.69, 9.17) is 9.84 Å². The van der Waals surface area contributed by atoms with E-state index < -0.39 is 24.3 Å². The Kier molecular flexibility index (Phi) is 12.4. The number of benzene rings is 1. The maximum atomic E-state index is 12.8. The van der Waals surface area contributed by atoms with Crippen molar-refractivity contribution in [1.29, 1.82) is 0 Å². The molecular formula is C21H25FO6S. The van der Waals surface area contributed by atoms with Crippen molar-refractivity contribution in [2.24, 2.45) is 0 Å². The molecule has 4 N–H and O–H groups in total. The normalized spacial score (nSPS) is 15.4. The molecule has 0 radical (unpaired) electrons. The van der Waals surface area contributed by atoms with Gasteiger partial charge >= 0.3 is 5.97 Å². The van der Waals surface area contributed by atoms with E-state index in [0.29, 0.717) is 5.75 Å². The van der Waals surface area contributed by atoms with Gasteiger partial charge in [-0.05, 0) is 24.3 Å². The van der Waals surface area contributed by atoms with E-state index in [1.807, 2.05) is 0 Å². The smallest absolute Gasteiger partial charge is 0.313 e. The van der Waals surface area contributed by atoms with Crippen LogP contribution in [-0.4, -0.2) is 62.8 Å². The molecule has 0 heterocycles. The molecule has 0 aliphatic rings. The summed E-state index contributed by atoms with van der Waals surface area (Å²) in [5, 5.41) is 37.7. The Hall–Kier alpha value is -2.39. The van der Waals surface area contributed by atoms with Gasteiger partial charge in [-0.3, -0.25) is 4.79 Å². The second kappa shape index (κ2) is 14.6. The van der Waals surface area contributed by atoms with Crippen LogP contribution in [0.2, 0.25) is 0 Å². The predicted octanol–water partition coefficient (Wildman–Crippen LogP) is 2.33. The van der Waals surface area contributed by atoms with Gasteiger partial charge in [0.25, 0.3) is 0 Å². The first kappa shape index (κ1) is 24.6. The molecule has 1 rings (SSSR count). The Balaban J connectivity index is 2.24. The lowest BCUT2D eigenvalue weighted by molar-refractivity contribution is -0.133. The maximum absolute atomic E-state index is 12.8. The lowest BCUT2D eigenvalue weighted by Crippen LogP contribution is -2.26. The van der Waals surface area contributed by atoms with E-state index in [1.165, 1.54) is 30.3 Å². The topological polar surface area (TPSA) is 107 Å². The molecule has 158 valence electrons. The Morgan fingerprint density at radius 2 is 1.59 bits per heavy atom. The monoisotopic (exact) mass is 424 g/mol. The molecule has 6 nitrogen and oxygen atoms in total. The number of thioether (sulfide) groups is 1. The summed E-state index contributed by atoms with van der Waals surface area (Å²) < 4.78 is 18.1. The lowest BCUT2D eigenvalue weighted by Gasteiger charge is -2.12. The molecule has 0 aliphatic heterocycles. The first-order chi connectivity index (χ1) is 13.9. The fourth-order valence-electron chi connectivity index (χ4n) is 1.89. The number of aliphatic hydroxyl groups excluding tert-OH is 3. The summed E-state index contributed by atoms with van der Waals surface area (Å²) in [6.07, 6.45) is 9.96. The molecule has 29 heavy (non-hydrogen) atoms.